The summed E-state index contributed by atoms with van der Waals surface area (Å²) >= 11 is 0. The van der Waals surface area contributed by atoms with Crippen molar-refractivity contribution < 1.29 is 4.79 Å². The minimum absolute atomic E-state index is 0.144. The molecule has 16 heavy (non-hydrogen) atoms. The van der Waals surface area contributed by atoms with Gasteiger partial charge < -0.3 is 10.6 Å². The minimum atomic E-state index is 0.144. The van der Waals surface area contributed by atoms with Gasteiger partial charge >= 0.3 is 0 Å². The van der Waals surface area contributed by atoms with E-state index >= 15 is 0 Å². The van der Waals surface area contributed by atoms with Crippen molar-refractivity contribution in [3.63, 3.8) is 0 Å². The van der Waals surface area contributed by atoms with Crippen molar-refractivity contribution in [1.82, 2.24) is 15.6 Å². The molecule has 0 bridgehead atoms. The molecular formula is C12H17N3O. The van der Waals surface area contributed by atoms with Gasteiger partial charge in [-0.2, -0.15) is 0 Å². The third kappa shape index (κ3) is 3.31. The van der Waals surface area contributed by atoms with E-state index in [-0.39, 0.29) is 5.91 Å². The molecule has 0 saturated carbocycles. The predicted molar refractivity (Wildman–Crippen MR) is 62.0 cm³/mol. The molecule has 4 heteroatoms. The van der Waals surface area contributed by atoms with Gasteiger partial charge in [0.15, 0.2) is 0 Å². The molecular weight excluding hydrogens is 202 g/mol. The summed E-state index contributed by atoms with van der Waals surface area (Å²) in [5, 5.41) is 6.26. The van der Waals surface area contributed by atoms with Crippen molar-refractivity contribution in [3.8, 4) is 0 Å². The molecule has 2 rings (SSSR count). The van der Waals surface area contributed by atoms with E-state index in [2.05, 4.69) is 15.6 Å². The molecule has 1 aromatic rings. The van der Waals surface area contributed by atoms with E-state index in [1.54, 1.807) is 12.4 Å². The number of hydrogen-bond donors (Lipinski definition) is 2. The van der Waals surface area contributed by atoms with Crippen molar-refractivity contribution in [3.05, 3.63) is 30.1 Å². The normalized spacial score (nSPS) is 19.6. The Morgan fingerprint density at radius 3 is 3.00 bits per heavy atom. The smallest absolute Gasteiger partial charge is 0.220 e. The Bertz CT molecular complexity index is 333. The van der Waals surface area contributed by atoms with Gasteiger partial charge in [0.2, 0.25) is 5.91 Å². The highest BCUT2D eigenvalue weighted by molar-refractivity contribution is 5.76. The van der Waals surface area contributed by atoms with Crippen LogP contribution in [0.5, 0.6) is 0 Å². The molecule has 1 unspecified atom stereocenters. The number of rotatable bonds is 4. The highest BCUT2D eigenvalue weighted by atomic mass is 16.1. The average Bonchev–Trinajstić information content (AvgIpc) is 2.81. The van der Waals surface area contributed by atoms with Crippen LogP contribution in [0.15, 0.2) is 24.5 Å². The Balaban J connectivity index is 1.71. The molecule has 2 heterocycles. The van der Waals surface area contributed by atoms with Gasteiger partial charge in [-0.15, -0.1) is 0 Å². The van der Waals surface area contributed by atoms with Gasteiger partial charge in [0.25, 0.3) is 0 Å². The first-order chi connectivity index (χ1) is 7.84. The lowest BCUT2D eigenvalue weighted by Gasteiger charge is -2.10. The number of nitrogens with zero attached hydrogens (tertiary/aromatic N) is 1. The molecule has 0 spiro atoms. The Kier molecular flexibility index (Phi) is 3.88. The fraction of sp³-hybridized carbons (Fsp3) is 0.500. The maximum atomic E-state index is 11.6. The van der Waals surface area contributed by atoms with E-state index in [1.165, 1.54) is 0 Å². The second kappa shape index (κ2) is 5.61. The van der Waals surface area contributed by atoms with Gasteiger partial charge in [0.1, 0.15) is 0 Å². The summed E-state index contributed by atoms with van der Waals surface area (Å²) in [5.41, 5.74) is 1.16. The summed E-state index contributed by atoms with van der Waals surface area (Å²) in [5.74, 6) is 0.144. The van der Waals surface area contributed by atoms with Gasteiger partial charge in [-0.1, -0.05) is 0 Å². The van der Waals surface area contributed by atoms with Gasteiger partial charge in [-0.3, -0.25) is 9.78 Å². The third-order valence-corrected chi connectivity index (χ3v) is 2.82. The SMILES string of the molecule is O=C(CCc1ccncc1)NC1CCNC1. The number of aryl methyl sites for hydroxylation is 1. The fourth-order valence-corrected chi connectivity index (χ4v) is 1.89. The van der Waals surface area contributed by atoms with Crippen molar-refractivity contribution in [1.29, 1.82) is 0 Å². The zero-order valence-corrected chi connectivity index (χ0v) is 9.28. The number of aromatic nitrogens is 1. The number of pyridine rings is 1. The second-order valence-corrected chi connectivity index (χ2v) is 4.11. The number of hydrogen-bond acceptors (Lipinski definition) is 3. The van der Waals surface area contributed by atoms with Gasteiger partial charge in [0, 0.05) is 31.4 Å². The highest BCUT2D eigenvalue weighted by Crippen LogP contribution is 2.02. The summed E-state index contributed by atoms with van der Waals surface area (Å²) in [4.78, 5) is 15.6. The molecule has 1 aliphatic heterocycles. The molecule has 1 aliphatic rings. The lowest BCUT2D eigenvalue weighted by atomic mass is 10.1. The van der Waals surface area contributed by atoms with Crippen LogP contribution in [0.1, 0.15) is 18.4 Å². The highest BCUT2D eigenvalue weighted by Gasteiger charge is 2.16. The summed E-state index contributed by atoms with van der Waals surface area (Å²) in [6, 6.07) is 4.22. The maximum absolute atomic E-state index is 11.6. The van der Waals surface area contributed by atoms with Gasteiger partial charge in [-0.05, 0) is 37.1 Å². The van der Waals surface area contributed by atoms with E-state index in [0.29, 0.717) is 12.5 Å². The maximum Gasteiger partial charge on any atom is 0.220 e. The number of nitrogens with one attached hydrogen (secondary N) is 2. The largest absolute Gasteiger partial charge is 0.352 e. The van der Waals surface area contributed by atoms with Crippen LogP contribution in [0.4, 0.5) is 0 Å². The van der Waals surface area contributed by atoms with Crippen molar-refractivity contribution in [2.75, 3.05) is 13.1 Å². The zero-order valence-electron chi connectivity index (χ0n) is 9.28. The van der Waals surface area contributed by atoms with Crippen LogP contribution in [-0.4, -0.2) is 30.0 Å². The summed E-state index contributed by atoms with van der Waals surface area (Å²) in [6.45, 7) is 1.91. The van der Waals surface area contributed by atoms with Crippen molar-refractivity contribution in [2.24, 2.45) is 0 Å². The van der Waals surface area contributed by atoms with E-state index in [4.69, 9.17) is 0 Å². The summed E-state index contributed by atoms with van der Waals surface area (Å²) in [6.07, 6.45) is 5.90. The molecule has 0 radical (unpaired) electrons. The van der Waals surface area contributed by atoms with E-state index in [1.807, 2.05) is 12.1 Å². The van der Waals surface area contributed by atoms with E-state index < -0.39 is 0 Å². The Morgan fingerprint density at radius 1 is 1.50 bits per heavy atom. The molecule has 0 aliphatic carbocycles. The summed E-state index contributed by atoms with van der Waals surface area (Å²) in [7, 11) is 0. The fourth-order valence-electron chi connectivity index (χ4n) is 1.89. The van der Waals surface area contributed by atoms with E-state index in [0.717, 1.165) is 31.5 Å². The van der Waals surface area contributed by atoms with Crippen LogP contribution in [0.3, 0.4) is 0 Å². The van der Waals surface area contributed by atoms with Gasteiger partial charge in [-0.25, -0.2) is 0 Å². The van der Waals surface area contributed by atoms with Crippen LogP contribution in [-0.2, 0) is 11.2 Å². The van der Waals surface area contributed by atoms with Crippen LogP contribution in [0, 0.1) is 0 Å². The second-order valence-electron chi connectivity index (χ2n) is 4.11. The zero-order chi connectivity index (χ0) is 11.2. The molecule has 0 aromatic carbocycles. The van der Waals surface area contributed by atoms with Crippen LogP contribution >= 0.6 is 0 Å². The molecule has 2 N–H and O–H groups in total. The standard InChI is InChI=1S/C12H17N3O/c16-12(15-11-5-8-14-9-11)2-1-10-3-6-13-7-4-10/h3-4,6-7,11,14H,1-2,5,8-9H2,(H,15,16). The van der Waals surface area contributed by atoms with Crippen molar-refractivity contribution in [2.45, 2.75) is 25.3 Å². The first kappa shape index (κ1) is 11.1. The first-order valence-corrected chi connectivity index (χ1v) is 5.73. The minimum Gasteiger partial charge on any atom is -0.352 e. The van der Waals surface area contributed by atoms with Crippen LogP contribution < -0.4 is 10.6 Å². The lowest BCUT2D eigenvalue weighted by molar-refractivity contribution is -0.121. The average molecular weight is 219 g/mol. The first-order valence-electron chi connectivity index (χ1n) is 5.73. The third-order valence-electron chi connectivity index (χ3n) is 2.82. The van der Waals surface area contributed by atoms with Crippen LogP contribution in [0.2, 0.25) is 0 Å². The predicted octanol–water partition coefficient (Wildman–Crippen LogP) is 0.492. The Morgan fingerprint density at radius 2 is 2.31 bits per heavy atom. The topological polar surface area (TPSA) is 54.0 Å². The molecule has 1 saturated heterocycles. The van der Waals surface area contributed by atoms with E-state index in [9.17, 15) is 4.79 Å². The molecule has 1 aromatic heterocycles. The molecule has 1 fully saturated rings. The quantitative estimate of drug-likeness (QED) is 0.775. The monoisotopic (exact) mass is 219 g/mol. The number of carbonyl (C=O) groups excluding carboxylic acids is 1. The Labute approximate surface area is 95.5 Å². The lowest BCUT2D eigenvalue weighted by Crippen LogP contribution is -2.36. The molecule has 4 nitrogen and oxygen atoms in total. The van der Waals surface area contributed by atoms with Gasteiger partial charge in [0.05, 0.1) is 0 Å². The number of carbonyl (C=O) groups is 1. The Hall–Kier alpha value is -1.42. The molecule has 86 valence electrons. The van der Waals surface area contributed by atoms with Crippen molar-refractivity contribution >= 4 is 5.91 Å². The summed E-state index contributed by atoms with van der Waals surface area (Å²) < 4.78 is 0. The van der Waals surface area contributed by atoms with Crippen LogP contribution in [0.25, 0.3) is 0 Å². The number of amides is 1. The molecule has 1 amide bonds. The molecule has 1 atom stereocenters.